The molecule has 3 nitrogen and oxygen atoms in total. The van der Waals surface area contributed by atoms with Gasteiger partial charge >= 0.3 is 0 Å². The minimum atomic E-state index is -0.136. The van der Waals surface area contributed by atoms with E-state index >= 15 is 0 Å². The first-order valence-electron chi connectivity index (χ1n) is 23.6. The van der Waals surface area contributed by atoms with E-state index in [9.17, 15) is 0 Å². The van der Waals surface area contributed by atoms with Gasteiger partial charge in [0.1, 0.15) is 0 Å². The fourth-order valence-corrected chi connectivity index (χ4v) is 11.5. The zero-order chi connectivity index (χ0) is 45.1. The lowest BCUT2D eigenvalue weighted by molar-refractivity contribution is 0.662. The molecule has 2 aromatic heterocycles. The van der Waals surface area contributed by atoms with Gasteiger partial charge in [-0.2, -0.15) is 0 Å². The molecule has 1 aliphatic rings. The van der Waals surface area contributed by atoms with Gasteiger partial charge in [-0.3, -0.25) is 0 Å². The first kappa shape index (κ1) is 38.6. The average Bonchev–Trinajstić information content (AvgIpc) is 3.83. The second kappa shape index (κ2) is 14.7. The molecule has 14 rings (SSSR count). The van der Waals surface area contributed by atoms with E-state index in [2.05, 4.69) is 243 Å². The molecule has 0 saturated carbocycles. The third-order valence-electron chi connectivity index (χ3n) is 14.7. The molecule has 0 N–H and O–H groups in total. The Morgan fingerprint density at radius 2 is 1.00 bits per heavy atom. The highest BCUT2D eigenvalue weighted by Gasteiger charge is 2.37. The van der Waals surface area contributed by atoms with Crippen LogP contribution in [0, 0.1) is 0 Å². The lowest BCUT2D eigenvalue weighted by Crippen LogP contribution is -2.16. The van der Waals surface area contributed by atoms with Gasteiger partial charge in [0.2, 0.25) is 0 Å². The predicted octanol–water partition coefficient (Wildman–Crippen LogP) is 17.2. The summed E-state index contributed by atoms with van der Waals surface area (Å²) in [6.45, 7) is 4.75. The van der Waals surface area contributed by atoms with Gasteiger partial charge in [0.05, 0.1) is 27.9 Å². The molecule has 13 aromatic rings. The summed E-state index contributed by atoms with van der Waals surface area (Å²) in [4.78, 5) is 11.0. The van der Waals surface area contributed by atoms with Crippen LogP contribution in [0.4, 0.5) is 0 Å². The highest BCUT2D eigenvalue weighted by atomic mass is 15.0. The highest BCUT2D eigenvalue weighted by Crippen LogP contribution is 2.52. The number of nitrogens with zero attached hydrogens (tertiary/aromatic N) is 3. The van der Waals surface area contributed by atoms with Crippen molar-refractivity contribution < 1.29 is 0 Å². The lowest BCUT2D eigenvalue weighted by Gasteiger charge is -2.24. The third-order valence-corrected chi connectivity index (χ3v) is 14.7. The predicted molar refractivity (Wildman–Crippen MR) is 286 cm³/mol. The third kappa shape index (κ3) is 5.85. The quantitative estimate of drug-likeness (QED) is 0.173. The maximum Gasteiger partial charge on any atom is 0.160 e. The molecule has 0 unspecified atom stereocenters. The second-order valence-corrected chi connectivity index (χ2v) is 19.0. The van der Waals surface area contributed by atoms with E-state index in [4.69, 9.17) is 9.97 Å². The standard InChI is InChI=1S/C65H43N3/c1-65(2)57-26-13-12-23-52(57)53-25-14-24-51(62(53)65)47-30-32-59-55(36-47)56-35-43-19-8-9-20-44(43)38-61(56)68(59)60-39-49(34-46-21-10-11-22-50(46)60)64-66-58-37-45(40-15-4-3-5-16-40)29-31-54(58)63(67-64)48-28-27-41-17-6-7-18-42(41)33-48/h3-39H,1-2H3. The summed E-state index contributed by atoms with van der Waals surface area (Å²) in [5.41, 5.74) is 17.3. The zero-order valence-electron chi connectivity index (χ0n) is 37.7. The van der Waals surface area contributed by atoms with Gasteiger partial charge in [0, 0.05) is 38.1 Å². The van der Waals surface area contributed by atoms with E-state index in [1.54, 1.807) is 0 Å². The van der Waals surface area contributed by atoms with Crippen LogP contribution in [0.5, 0.6) is 0 Å². The molecule has 318 valence electrons. The van der Waals surface area contributed by atoms with Crippen molar-refractivity contribution in [2.45, 2.75) is 19.3 Å². The summed E-state index contributed by atoms with van der Waals surface area (Å²) >= 11 is 0. The van der Waals surface area contributed by atoms with Crippen LogP contribution in [-0.4, -0.2) is 14.5 Å². The maximum absolute atomic E-state index is 5.53. The Bertz CT molecular complexity index is 4230. The Balaban J connectivity index is 1.02. The molecule has 2 heterocycles. The molecule has 68 heavy (non-hydrogen) atoms. The van der Waals surface area contributed by atoms with Crippen molar-refractivity contribution in [1.82, 2.24) is 14.5 Å². The van der Waals surface area contributed by atoms with E-state index in [0.717, 1.165) is 66.3 Å². The maximum atomic E-state index is 5.53. The van der Waals surface area contributed by atoms with Crippen molar-refractivity contribution in [1.29, 1.82) is 0 Å². The van der Waals surface area contributed by atoms with Gasteiger partial charge in [0.15, 0.2) is 5.82 Å². The Kier molecular flexibility index (Phi) is 8.33. The lowest BCUT2D eigenvalue weighted by atomic mass is 9.79. The molecule has 3 heteroatoms. The molecule has 0 fully saturated rings. The van der Waals surface area contributed by atoms with E-state index in [1.165, 1.54) is 65.7 Å². The SMILES string of the molecule is CC1(C)c2ccccc2-c2cccc(-c3ccc4c(c3)c3cc5ccccc5cc3n4-c3cc(-c4nc(-c5ccc6ccccc6c5)c5ccc(-c6ccccc6)cc5n4)cc4ccccc34)c21. The first-order chi connectivity index (χ1) is 33.4. The van der Waals surface area contributed by atoms with Crippen molar-refractivity contribution >= 4 is 65.0 Å². The van der Waals surface area contributed by atoms with Crippen molar-refractivity contribution in [3.05, 3.63) is 236 Å². The van der Waals surface area contributed by atoms with Crippen LogP contribution in [0.1, 0.15) is 25.0 Å². The number of benzene rings is 11. The zero-order valence-corrected chi connectivity index (χ0v) is 37.7. The van der Waals surface area contributed by atoms with Gasteiger partial charge < -0.3 is 4.57 Å². The Morgan fingerprint density at radius 1 is 0.353 bits per heavy atom. The molecule has 0 atom stereocenters. The Labute approximate surface area is 394 Å². The van der Waals surface area contributed by atoms with Gasteiger partial charge in [-0.1, -0.05) is 184 Å². The van der Waals surface area contributed by atoms with Gasteiger partial charge in [-0.15, -0.1) is 0 Å². The minimum absolute atomic E-state index is 0.136. The second-order valence-electron chi connectivity index (χ2n) is 19.0. The topological polar surface area (TPSA) is 30.7 Å². The minimum Gasteiger partial charge on any atom is -0.309 e. The van der Waals surface area contributed by atoms with Crippen LogP contribution in [-0.2, 0) is 5.41 Å². The van der Waals surface area contributed by atoms with E-state index in [0.29, 0.717) is 5.82 Å². The number of rotatable bonds is 5. The summed E-state index contributed by atoms with van der Waals surface area (Å²) in [5, 5.41) is 10.6. The van der Waals surface area contributed by atoms with Crippen LogP contribution >= 0.6 is 0 Å². The van der Waals surface area contributed by atoms with Crippen molar-refractivity contribution in [3.63, 3.8) is 0 Å². The molecule has 0 aliphatic heterocycles. The summed E-state index contributed by atoms with van der Waals surface area (Å²) in [5.74, 6) is 0.688. The summed E-state index contributed by atoms with van der Waals surface area (Å²) < 4.78 is 2.49. The largest absolute Gasteiger partial charge is 0.309 e. The summed E-state index contributed by atoms with van der Waals surface area (Å²) in [6, 6.07) is 82.1. The molecule has 1 aliphatic carbocycles. The van der Waals surface area contributed by atoms with Crippen molar-refractivity contribution in [2.24, 2.45) is 0 Å². The summed E-state index contributed by atoms with van der Waals surface area (Å²) in [7, 11) is 0. The van der Waals surface area contributed by atoms with E-state index in [-0.39, 0.29) is 5.41 Å². The molecule has 0 saturated heterocycles. The normalized spacial score (nSPS) is 13.0. The molecular weight excluding hydrogens is 823 g/mol. The van der Waals surface area contributed by atoms with Gasteiger partial charge in [0.25, 0.3) is 0 Å². The molecular formula is C65H43N3. The first-order valence-corrected chi connectivity index (χ1v) is 23.6. The number of hydrogen-bond acceptors (Lipinski definition) is 2. The summed E-state index contributed by atoms with van der Waals surface area (Å²) in [6.07, 6.45) is 0. The fraction of sp³-hybridized carbons (Fsp3) is 0.0462. The number of hydrogen-bond donors (Lipinski definition) is 0. The van der Waals surface area contributed by atoms with Crippen molar-refractivity contribution in [3.8, 4) is 61.7 Å². The average molecular weight is 866 g/mol. The Hall–Kier alpha value is -8.66. The van der Waals surface area contributed by atoms with Crippen molar-refractivity contribution in [2.75, 3.05) is 0 Å². The Morgan fingerprint density at radius 3 is 1.85 bits per heavy atom. The monoisotopic (exact) mass is 865 g/mol. The van der Waals surface area contributed by atoms with Crippen LogP contribution in [0.3, 0.4) is 0 Å². The van der Waals surface area contributed by atoms with Gasteiger partial charge in [-0.05, 0) is 126 Å². The smallest absolute Gasteiger partial charge is 0.160 e. The number of aromatic nitrogens is 3. The van der Waals surface area contributed by atoms with Crippen LogP contribution in [0.2, 0.25) is 0 Å². The number of fused-ring (bicyclic) bond motifs is 10. The van der Waals surface area contributed by atoms with Crippen LogP contribution < -0.4 is 0 Å². The van der Waals surface area contributed by atoms with E-state index < -0.39 is 0 Å². The van der Waals surface area contributed by atoms with Gasteiger partial charge in [-0.25, -0.2) is 9.97 Å². The van der Waals surface area contributed by atoms with E-state index in [1.807, 2.05) is 0 Å². The molecule has 11 aromatic carbocycles. The van der Waals surface area contributed by atoms with Crippen LogP contribution in [0.15, 0.2) is 224 Å². The molecule has 0 spiro atoms. The molecule has 0 radical (unpaired) electrons. The van der Waals surface area contributed by atoms with Crippen LogP contribution in [0.25, 0.3) is 127 Å². The fourth-order valence-electron chi connectivity index (χ4n) is 11.5. The molecule has 0 bridgehead atoms. The molecule has 0 amide bonds. The highest BCUT2D eigenvalue weighted by molar-refractivity contribution is 6.16.